The number of allylic oxidation sites excluding steroid dienone is 4. The number of unbranched alkanes of at least 4 members (excludes halogenated alkanes) is 25. The summed E-state index contributed by atoms with van der Waals surface area (Å²) in [6.45, 7) is 8.34. The first-order valence-corrected chi connectivity index (χ1v) is 29.4. The van der Waals surface area contributed by atoms with E-state index in [4.69, 9.17) is 23.7 Å². The maximum absolute atomic E-state index is 13.1. The van der Waals surface area contributed by atoms with Gasteiger partial charge in [0.1, 0.15) is 25.5 Å². The second-order valence-corrected chi connectivity index (χ2v) is 20.7. The molecule has 12 nitrogen and oxygen atoms in total. The van der Waals surface area contributed by atoms with E-state index in [0.29, 0.717) is 23.5 Å². The number of hydrogen-bond acceptors (Lipinski definition) is 12. The van der Waals surface area contributed by atoms with Gasteiger partial charge in [0.25, 0.3) is 5.88 Å². The van der Waals surface area contributed by atoms with Crippen LogP contribution in [0.1, 0.15) is 251 Å². The number of carbonyl (C=O) groups excluding carboxylic acids is 4. The zero-order valence-electron chi connectivity index (χ0n) is 45.4. The Balaban J connectivity index is 1.75. The van der Waals surface area contributed by atoms with Crippen molar-refractivity contribution in [3.05, 3.63) is 36.1 Å². The fraction of sp³-hybridized carbons (Fsp3) is 0.793. The first-order valence-electron chi connectivity index (χ1n) is 28.6. The van der Waals surface area contributed by atoms with E-state index in [1.54, 1.807) is 0 Å². The zero-order chi connectivity index (χ0) is 51.3. The van der Waals surface area contributed by atoms with Crippen LogP contribution in [0, 0.1) is 0 Å². The predicted molar refractivity (Wildman–Crippen MR) is 289 cm³/mol. The largest absolute Gasteiger partial charge is 0.475 e. The van der Waals surface area contributed by atoms with E-state index >= 15 is 0 Å². The van der Waals surface area contributed by atoms with Crippen molar-refractivity contribution >= 4 is 41.2 Å². The lowest BCUT2D eigenvalue weighted by atomic mass is 10.1. The molecule has 1 unspecified atom stereocenters. The molecule has 0 fully saturated rings. The average molecular weight is 1020 g/mol. The maximum atomic E-state index is 13.1. The Bertz CT molecular complexity index is 1560. The van der Waals surface area contributed by atoms with Gasteiger partial charge in [-0.15, -0.1) is 4.37 Å². The number of likely N-dealkylation sites (N-methyl/N-ethyl adjacent to an activating group) is 1. The molecule has 1 aliphatic rings. The number of quaternary nitrogens is 1. The van der Waals surface area contributed by atoms with Crippen molar-refractivity contribution in [2.45, 2.75) is 252 Å². The van der Waals surface area contributed by atoms with Crippen molar-refractivity contribution in [2.24, 2.45) is 0 Å². The topological polar surface area (TPSA) is 140 Å². The summed E-state index contributed by atoms with van der Waals surface area (Å²) in [4.78, 5) is 51.4. The summed E-state index contributed by atoms with van der Waals surface area (Å²) in [5, 5.41) is 0. The summed E-state index contributed by atoms with van der Waals surface area (Å²) in [7, 11) is 2.03. The zero-order valence-corrected chi connectivity index (χ0v) is 46.2. The molecular formula is C58H100N3O9S+. The van der Waals surface area contributed by atoms with E-state index in [-0.39, 0.29) is 57.6 Å². The molecule has 1 aromatic rings. The Morgan fingerprint density at radius 3 is 1.49 bits per heavy atom. The van der Waals surface area contributed by atoms with Crippen LogP contribution in [0.4, 0.5) is 0 Å². The quantitative estimate of drug-likeness (QED) is 0.0203. The highest BCUT2D eigenvalue weighted by molar-refractivity contribution is 6.99. The number of rotatable bonds is 47. The van der Waals surface area contributed by atoms with Crippen molar-refractivity contribution in [2.75, 3.05) is 46.7 Å². The maximum Gasteiger partial charge on any atom is 0.310 e. The Hall–Kier alpha value is -3.58. The van der Waals surface area contributed by atoms with Crippen molar-refractivity contribution < 1.29 is 47.3 Å². The van der Waals surface area contributed by atoms with Crippen LogP contribution in [0.25, 0.3) is 5.57 Å². The molecule has 0 saturated heterocycles. The Morgan fingerprint density at radius 1 is 0.549 bits per heavy atom. The van der Waals surface area contributed by atoms with Crippen molar-refractivity contribution in [1.29, 1.82) is 0 Å². The number of ether oxygens (including phenoxy) is 5. The molecule has 0 N–H and O–H groups in total. The minimum atomic E-state index is -0.983. The van der Waals surface area contributed by atoms with Gasteiger partial charge in [0, 0.05) is 24.8 Å². The fourth-order valence-corrected chi connectivity index (χ4v) is 9.15. The highest BCUT2D eigenvalue weighted by Crippen LogP contribution is 2.30. The molecule has 1 aliphatic heterocycles. The molecule has 0 amide bonds. The van der Waals surface area contributed by atoms with E-state index in [2.05, 4.69) is 59.9 Å². The average Bonchev–Trinajstić information content (AvgIpc) is 3.84. The lowest BCUT2D eigenvalue weighted by molar-refractivity contribution is -0.919. The lowest BCUT2D eigenvalue weighted by Crippen LogP contribution is -2.49. The third-order valence-corrected chi connectivity index (χ3v) is 13.6. The molecule has 0 saturated carbocycles. The first kappa shape index (κ1) is 63.5. The SMILES string of the molecule is CCCCCCCC/C=C\CCCCCCCC(=O)OCC(COC(=O)CCCCCCC/C=C\CCCCCCCC)OC(=O)CCC(=O)OC[N+]1(C)CCC=C(c2nsnc2OCCCCCC)C1. The summed E-state index contributed by atoms with van der Waals surface area (Å²) < 4.78 is 37.8. The van der Waals surface area contributed by atoms with Crippen LogP contribution < -0.4 is 4.74 Å². The van der Waals surface area contributed by atoms with Gasteiger partial charge in [-0.3, -0.25) is 23.7 Å². The summed E-state index contributed by atoms with van der Waals surface area (Å²) in [5.74, 6) is -1.37. The monoisotopic (exact) mass is 1010 g/mol. The summed E-state index contributed by atoms with van der Waals surface area (Å²) in [5.41, 5.74) is 1.77. The molecule has 406 valence electrons. The molecule has 2 rings (SSSR count). The minimum Gasteiger partial charge on any atom is -0.475 e. The number of hydrogen-bond donors (Lipinski definition) is 0. The third-order valence-electron chi connectivity index (χ3n) is 13.1. The van der Waals surface area contributed by atoms with Crippen LogP contribution in [0.3, 0.4) is 0 Å². The normalized spacial score (nSPS) is 14.9. The molecule has 71 heavy (non-hydrogen) atoms. The fourth-order valence-electron chi connectivity index (χ4n) is 8.62. The molecule has 0 spiro atoms. The molecule has 13 heteroatoms. The van der Waals surface area contributed by atoms with E-state index in [0.717, 1.165) is 132 Å². The number of esters is 4. The smallest absolute Gasteiger partial charge is 0.310 e. The Labute approximate surface area is 435 Å². The molecule has 0 radical (unpaired) electrons. The van der Waals surface area contributed by atoms with Gasteiger partial charge in [0.05, 0.1) is 44.8 Å². The highest BCUT2D eigenvalue weighted by atomic mass is 32.1. The van der Waals surface area contributed by atoms with Gasteiger partial charge in [-0.2, -0.15) is 4.37 Å². The van der Waals surface area contributed by atoms with Crippen LogP contribution in [0.2, 0.25) is 0 Å². The Morgan fingerprint density at radius 2 is 0.986 bits per heavy atom. The predicted octanol–water partition coefficient (Wildman–Crippen LogP) is 15.1. The van der Waals surface area contributed by atoms with Gasteiger partial charge in [-0.05, 0) is 70.6 Å². The summed E-state index contributed by atoms with van der Waals surface area (Å²) >= 11 is 1.13. The molecular weight excluding hydrogens is 915 g/mol. The van der Waals surface area contributed by atoms with Crippen molar-refractivity contribution in [3.8, 4) is 5.88 Å². The van der Waals surface area contributed by atoms with Crippen LogP contribution in [-0.4, -0.2) is 89.9 Å². The van der Waals surface area contributed by atoms with Gasteiger partial charge in [0.2, 0.25) is 6.73 Å². The van der Waals surface area contributed by atoms with E-state index < -0.39 is 18.0 Å². The van der Waals surface area contributed by atoms with Gasteiger partial charge >= 0.3 is 23.9 Å². The van der Waals surface area contributed by atoms with Crippen LogP contribution in [0.15, 0.2) is 30.4 Å². The Kier molecular flexibility index (Phi) is 39.3. The van der Waals surface area contributed by atoms with E-state index in [1.807, 2.05) is 7.05 Å². The number of carbonyl (C=O) groups is 4. The molecule has 0 aliphatic carbocycles. The molecule has 1 atom stereocenters. The van der Waals surface area contributed by atoms with Gasteiger partial charge in [-0.1, -0.05) is 173 Å². The second kappa shape index (κ2) is 44.0. The third kappa shape index (κ3) is 35.3. The minimum absolute atomic E-state index is 0.137. The molecule has 2 heterocycles. The van der Waals surface area contributed by atoms with Crippen LogP contribution in [0.5, 0.6) is 5.88 Å². The van der Waals surface area contributed by atoms with E-state index in [1.165, 1.54) is 96.3 Å². The second-order valence-electron chi connectivity index (χ2n) is 20.1. The molecule has 1 aromatic heterocycles. The number of aromatic nitrogens is 2. The van der Waals surface area contributed by atoms with Crippen molar-refractivity contribution in [1.82, 2.24) is 8.75 Å². The van der Waals surface area contributed by atoms with Gasteiger partial charge in [-0.25, -0.2) is 0 Å². The van der Waals surface area contributed by atoms with Crippen LogP contribution in [-0.2, 0) is 38.1 Å². The van der Waals surface area contributed by atoms with E-state index in [9.17, 15) is 19.2 Å². The molecule has 0 bridgehead atoms. The molecule has 0 aromatic carbocycles. The summed E-state index contributed by atoms with van der Waals surface area (Å²) in [6, 6.07) is 0. The summed E-state index contributed by atoms with van der Waals surface area (Å²) in [6.07, 6.45) is 46.2. The number of nitrogens with zero attached hydrogens (tertiary/aromatic N) is 3. The van der Waals surface area contributed by atoms with Gasteiger partial charge < -0.3 is 23.7 Å². The van der Waals surface area contributed by atoms with Crippen molar-refractivity contribution in [3.63, 3.8) is 0 Å². The van der Waals surface area contributed by atoms with Gasteiger partial charge in [0.15, 0.2) is 6.10 Å². The lowest BCUT2D eigenvalue weighted by Gasteiger charge is -2.36. The highest BCUT2D eigenvalue weighted by Gasteiger charge is 2.31. The van der Waals surface area contributed by atoms with Crippen LogP contribution >= 0.6 is 11.7 Å². The first-order chi connectivity index (χ1) is 34.7. The standard InChI is InChI=1S/C58H100N3O9S/c1-5-8-11-14-16-18-20-22-24-26-28-30-32-34-36-41-53(62)67-48-52(49-68-54(63)42-37-35-33-31-29-27-25-23-21-19-17-15-12-9-6-2)70-56(65)44-43-55(64)69-50-61(4)45-39-40-51(47-61)57-58(60-71-59-57)66-46-38-13-10-7-3/h22-25,40,52H,5-21,26-39,41-50H2,1-4H3/q+1/b24-22-,25-23-.